The summed E-state index contributed by atoms with van der Waals surface area (Å²) in [6.07, 6.45) is -3.83. The van der Waals surface area contributed by atoms with Gasteiger partial charge >= 0.3 is 6.18 Å². The minimum atomic E-state index is -4.19. The highest BCUT2D eigenvalue weighted by molar-refractivity contribution is 5.80. The Bertz CT molecular complexity index is 325. The molecular weight excluding hydrogens is 288 g/mol. The molecule has 1 rings (SSSR count). The van der Waals surface area contributed by atoms with Crippen molar-refractivity contribution in [2.24, 2.45) is 4.99 Å². The Kier molecular flexibility index (Phi) is 7.21. The van der Waals surface area contributed by atoms with Crippen molar-refractivity contribution in [2.45, 2.75) is 32.5 Å². The minimum absolute atomic E-state index is 0.341. The molecule has 1 unspecified atom stereocenters. The van der Waals surface area contributed by atoms with E-state index in [-0.39, 0.29) is 0 Å². The summed E-state index contributed by atoms with van der Waals surface area (Å²) < 4.78 is 50.2. The van der Waals surface area contributed by atoms with Crippen LogP contribution in [0.3, 0.4) is 0 Å². The van der Waals surface area contributed by atoms with Gasteiger partial charge in [-0.1, -0.05) is 0 Å². The largest absolute Gasteiger partial charge is 0.403 e. The number of nitrogens with zero attached hydrogens (tertiary/aromatic N) is 3. The molecule has 0 bridgehead atoms. The molecule has 21 heavy (non-hydrogen) atoms. The number of piperazine rings is 1. The summed E-state index contributed by atoms with van der Waals surface area (Å²) in [5.74, 6) is 0.658. The second-order valence-electron chi connectivity index (χ2n) is 5.02. The van der Waals surface area contributed by atoms with Crippen LogP contribution in [0.4, 0.5) is 17.6 Å². The van der Waals surface area contributed by atoms with Crippen LogP contribution >= 0.6 is 0 Å². The molecule has 0 amide bonds. The van der Waals surface area contributed by atoms with Crippen molar-refractivity contribution in [1.29, 1.82) is 0 Å². The van der Waals surface area contributed by atoms with E-state index in [1.807, 2.05) is 11.8 Å². The normalized spacial score (nSPS) is 19.7. The standard InChI is InChI=1S/C13H24F4N4/c1-3-18-12(19-6-4-5-14)21-9-7-20(8-10-21)11(2)13(15,16)17/h11H,3-10H2,1-2H3,(H,18,19). The van der Waals surface area contributed by atoms with Crippen molar-refractivity contribution in [3.8, 4) is 0 Å². The molecule has 1 atom stereocenters. The molecule has 1 heterocycles. The number of halogens is 4. The van der Waals surface area contributed by atoms with E-state index in [1.165, 1.54) is 11.8 Å². The van der Waals surface area contributed by atoms with E-state index < -0.39 is 18.9 Å². The fourth-order valence-corrected chi connectivity index (χ4v) is 2.20. The smallest absolute Gasteiger partial charge is 0.357 e. The van der Waals surface area contributed by atoms with Gasteiger partial charge in [0.1, 0.15) is 6.04 Å². The van der Waals surface area contributed by atoms with Crippen LogP contribution < -0.4 is 5.32 Å². The van der Waals surface area contributed by atoms with Gasteiger partial charge in [-0.15, -0.1) is 0 Å². The molecule has 0 saturated carbocycles. The number of alkyl halides is 4. The summed E-state index contributed by atoms with van der Waals surface area (Å²) in [6, 6.07) is -1.43. The zero-order valence-electron chi connectivity index (χ0n) is 12.6. The third-order valence-electron chi connectivity index (χ3n) is 3.52. The summed E-state index contributed by atoms with van der Waals surface area (Å²) in [7, 11) is 0. The first-order chi connectivity index (χ1) is 9.90. The maximum atomic E-state index is 12.7. The van der Waals surface area contributed by atoms with E-state index >= 15 is 0 Å². The Morgan fingerprint density at radius 1 is 1.24 bits per heavy atom. The molecule has 0 aromatic rings. The van der Waals surface area contributed by atoms with Gasteiger partial charge in [-0.2, -0.15) is 13.2 Å². The molecule has 1 aliphatic rings. The third kappa shape index (κ3) is 5.68. The lowest BCUT2D eigenvalue weighted by molar-refractivity contribution is -0.181. The van der Waals surface area contributed by atoms with Gasteiger partial charge in [0.05, 0.1) is 6.67 Å². The van der Waals surface area contributed by atoms with Gasteiger partial charge in [-0.3, -0.25) is 14.3 Å². The van der Waals surface area contributed by atoms with Crippen molar-refractivity contribution >= 4 is 5.96 Å². The van der Waals surface area contributed by atoms with Gasteiger partial charge < -0.3 is 10.2 Å². The van der Waals surface area contributed by atoms with E-state index in [4.69, 9.17) is 0 Å². The molecular formula is C13H24F4N4. The first-order valence-electron chi connectivity index (χ1n) is 7.30. The molecule has 1 fully saturated rings. The second-order valence-corrected chi connectivity index (χ2v) is 5.02. The molecule has 124 valence electrons. The molecule has 0 aromatic heterocycles. The van der Waals surface area contributed by atoms with Crippen LogP contribution in [0.5, 0.6) is 0 Å². The van der Waals surface area contributed by atoms with Crippen molar-refractivity contribution in [2.75, 3.05) is 45.9 Å². The first-order valence-corrected chi connectivity index (χ1v) is 7.30. The van der Waals surface area contributed by atoms with E-state index in [0.717, 1.165) is 0 Å². The molecule has 0 radical (unpaired) electrons. The minimum Gasteiger partial charge on any atom is -0.357 e. The van der Waals surface area contributed by atoms with Gasteiger partial charge in [0.2, 0.25) is 0 Å². The maximum Gasteiger partial charge on any atom is 0.403 e. The van der Waals surface area contributed by atoms with Gasteiger partial charge in [0, 0.05) is 39.3 Å². The van der Waals surface area contributed by atoms with Crippen LogP contribution in [0, 0.1) is 0 Å². The summed E-state index contributed by atoms with van der Waals surface area (Å²) in [5, 5.41) is 3.10. The Morgan fingerprint density at radius 2 is 1.86 bits per heavy atom. The van der Waals surface area contributed by atoms with E-state index in [0.29, 0.717) is 51.6 Å². The average molecular weight is 312 g/mol. The van der Waals surface area contributed by atoms with E-state index in [1.54, 1.807) is 0 Å². The predicted molar refractivity (Wildman–Crippen MR) is 75.2 cm³/mol. The van der Waals surface area contributed by atoms with Crippen molar-refractivity contribution in [3.05, 3.63) is 0 Å². The predicted octanol–water partition coefficient (Wildman–Crippen LogP) is 1.88. The number of aliphatic imine (C=N–C) groups is 1. The second kappa shape index (κ2) is 8.41. The van der Waals surface area contributed by atoms with Crippen molar-refractivity contribution in [1.82, 2.24) is 15.1 Å². The highest BCUT2D eigenvalue weighted by atomic mass is 19.4. The number of hydrogen-bond donors (Lipinski definition) is 1. The van der Waals surface area contributed by atoms with Gasteiger partial charge in [0.25, 0.3) is 0 Å². The lowest BCUT2D eigenvalue weighted by Crippen LogP contribution is -2.56. The van der Waals surface area contributed by atoms with Crippen LogP contribution in [0.1, 0.15) is 20.3 Å². The summed E-state index contributed by atoms with van der Waals surface area (Å²) in [6.45, 7) is 5.42. The highest BCUT2D eigenvalue weighted by Gasteiger charge is 2.41. The highest BCUT2D eigenvalue weighted by Crippen LogP contribution is 2.25. The molecule has 1 N–H and O–H groups in total. The summed E-state index contributed by atoms with van der Waals surface area (Å²) >= 11 is 0. The Labute approximate surface area is 123 Å². The van der Waals surface area contributed by atoms with Gasteiger partial charge in [-0.05, 0) is 20.3 Å². The maximum absolute atomic E-state index is 12.7. The topological polar surface area (TPSA) is 30.9 Å². The Morgan fingerprint density at radius 3 is 2.33 bits per heavy atom. The fraction of sp³-hybridized carbons (Fsp3) is 0.923. The fourth-order valence-electron chi connectivity index (χ4n) is 2.20. The number of guanidine groups is 1. The SMILES string of the molecule is CCNC(=NCCCF)N1CCN(C(C)C(F)(F)F)CC1. The van der Waals surface area contributed by atoms with Crippen LogP contribution in [-0.2, 0) is 0 Å². The molecule has 0 spiro atoms. The van der Waals surface area contributed by atoms with E-state index in [9.17, 15) is 17.6 Å². The first kappa shape index (κ1) is 18.0. The molecule has 0 aromatic carbocycles. The zero-order chi connectivity index (χ0) is 15.9. The number of hydrogen-bond acceptors (Lipinski definition) is 2. The molecule has 1 saturated heterocycles. The monoisotopic (exact) mass is 312 g/mol. The average Bonchev–Trinajstić information content (AvgIpc) is 2.45. The molecule has 4 nitrogen and oxygen atoms in total. The van der Waals surface area contributed by atoms with Gasteiger partial charge in [0.15, 0.2) is 5.96 Å². The molecule has 0 aliphatic carbocycles. The zero-order valence-corrected chi connectivity index (χ0v) is 12.6. The molecule has 1 aliphatic heterocycles. The van der Waals surface area contributed by atoms with Crippen LogP contribution in [0.2, 0.25) is 0 Å². The van der Waals surface area contributed by atoms with Crippen LogP contribution in [0.25, 0.3) is 0 Å². The van der Waals surface area contributed by atoms with Crippen molar-refractivity contribution < 1.29 is 17.6 Å². The number of nitrogens with one attached hydrogen (secondary N) is 1. The molecule has 8 heteroatoms. The van der Waals surface area contributed by atoms with Crippen LogP contribution in [-0.4, -0.2) is 73.9 Å². The lowest BCUT2D eigenvalue weighted by Gasteiger charge is -2.39. The van der Waals surface area contributed by atoms with E-state index in [2.05, 4.69) is 10.3 Å². The quantitative estimate of drug-likeness (QED) is 0.364. The van der Waals surface area contributed by atoms with Crippen LogP contribution in [0.15, 0.2) is 4.99 Å². The van der Waals surface area contributed by atoms with Crippen molar-refractivity contribution in [3.63, 3.8) is 0 Å². The Balaban J connectivity index is 2.54. The summed E-state index contributed by atoms with van der Waals surface area (Å²) in [4.78, 5) is 7.66. The number of rotatable bonds is 5. The van der Waals surface area contributed by atoms with Gasteiger partial charge in [-0.25, -0.2) is 0 Å². The lowest BCUT2D eigenvalue weighted by atomic mass is 10.2. The Hall–Kier alpha value is -1.05. The summed E-state index contributed by atoms with van der Waals surface area (Å²) in [5.41, 5.74) is 0. The third-order valence-corrected chi connectivity index (χ3v) is 3.52.